The van der Waals surface area contributed by atoms with Gasteiger partial charge in [-0.25, -0.2) is 13.1 Å². The van der Waals surface area contributed by atoms with Gasteiger partial charge in [0.1, 0.15) is 0 Å². The average molecular weight is 321 g/mol. The van der Waals surface area contributed by atoms with E-state index in [1.54, 1.807) is 0 Å². The Labute approximate surface area is 130 Å². The van der Waals surface area contributed by atoms with Gasteiger partial charge < -0.3 is 4.42 Å². The van der Waals surface area contributed by atoms with Gasteiger partial charge in [0, 0.05) is 11.8 Å². The second kappa shape index (κ2) is 7.33. The fourth-order valence-corrected chi connectivity index (χ4v) is 2.49. The molecule has 1 heterocycles. The second-order valence-corrected chi connectivity index (χ2v) is 6.92. The maximum absolute atomic E-state index is 11.9. The van der Waals surface area contributed by atoms with Gasteiger partial charge in [-0.2, -0.15) is 0 Å². The summed E-state index contributed by atoms with van der Waals surface area (Å²) < 4.78 is 31.5. The molecule has 0 amide bonds. The summed E-state index contributed by atoms with van der Waals surface area (Å²) in [6.45, 7) is 4.06. The first-order valence-electron chi connectivity index (χ1n) is 6.98. The van der Waals surface area contributed by atoms with Crippen molar-refractivity contribution in [3.63, 3.8) is 0 Å². The lowest BCUT2D eigenvalue weighted by Gasteiger charge is -1.99. The lowest BCUT2D eigenvalue weighted by Crippen LogP contribution is -2.20. The van der Waals surface area contributed by atoms with Crippen LogP contribution in [-0.2, 0) is 23.0 Å². The SMILES string of the molecule is CC(C)Cc1nnc(CNS(=O)(=O)C=Cc2ccccc2)o1. The van der Waals surface area contributed by atoms with Crippen molar-refractivity contribution < 1.29 is 12.8 Å². The van der Waals surface area contributed by atoms with Gasteiger partial charge in [-0.1, -0.05) is 44.2 Å². The number of hydrogen-bond acceptors (Lipinski definition) is 5. The first-order valence-corrected chi connectivity index (χ1v) is 8.53. The van der Waals surface area contributed by atoms with Crippen molar-refractivity contribution in [2.24, 2.45) is 5.92 Å². The topological polar surface area (TPSA) is 85.1 Å². The van der Waals surface area contributed by atoms with Crippen LogP contribution in [0.25, 0.3) is 6.08 Å². The summed E-state index contributed by atoms with van der Waals surface area (Å²) in [6.07, 6.45) is 2.20. The van der Waals surface area contributed by atoms with E-state index in [2.05, 4.69) is 14.9 Å². The molecule has 2 rings (SSSR count). The number of aromatic nitrogens is 2. The van der Waals surface area contributed by atoms with Crippen LogP contribution in [0.2, 0.25) is 0 Å². The number of hydrogen-bond donors (Lipinski definition) is 1. The van der Waals surface area contributed by atoms with Crippen LogP contribution < -0.4 is 4.72 Å². The highest BCUT2D eigenvalue weighted by Gasteiger charge is 2.11. The summed E-state index contributed by atoms with van der Waals surface area (Å²) in [5.74, 6) is 1.18. The summed E-state index contributed by atoms with van der Waals surface area (Å²) >= 11 is 0. The molecule has 0 atom stereocenters. The van der Waals surface area contributed by atoms with Crippen molar-refractivity contribution in [2.45, 2.75) is 26.8 Å². The van der Waals surface area contributed by atoms with E-state index in [0.717, 1.165) is 11.0 Å². The summed E-state index contributed by atoms with van der Waals surface area (Å²) in [7, 11) is -3.55. The van der Waals surface area contributed by atoms with Crippen LogP contribution in [0, 0.1) is 5.92 Å². The molecule has 0 saturated heterocycles. The minimum Gasteiger partial charge on any atom is -0.424 e. The van der Waals surface area contributed by atoms with E-state index < -0.39 is 10.0 Å². The smallest absolute Gasteiger partial charge is 0.234 e. The number of benzene rings is 1. The van der Waals surface area contributed by atoms with Gasteiger partial charge in [0.25, 0.3) is 0 Å². The van der Waals surface area contributed by atoms with E-state index in [1.165, 1.54) is 6.08 Å². The third-order valence-electron chi connectivity index (χ3n) is 2.76. The van der Waals surface area contributed by atoms with E-state index in [0.29, 0.717) is 18.2 Å². The molecule has 22 heavy (non-hydrogen) atoms. The molecule has 118 valence electrons. The van der Waals surface area contributed by atoms with Crippen molar-refractivity contribution in [3.05, 3.63) is 53.1 Å². The molecular formula is C15H19N3O3S. The number of sulfonamides is 1. The van der Waals surface area contributed by atoms with Crippen LogP contribution >= 0.6 is 0 Å². The Hall–Kier alpha value is -1.99. The largest absolute Gasteiger partial charge is 0.424 e. The maximum atomic E-state index is 11.9. The van der Waals surface area contributed by atoms with Crippen LogP contribution in [0.4, 0.5) is 0 Å². The zero-order valence-corrected chi connectivity index (χ0v) is 13.4. The molecule has 0 saturated carbocycles. The summed E-state index contributed by atoms with van der Waals surface area (Å²) in [5.41, 5.74) is 0.810. The van der Waals surface area contributed by atoms with Crippen molar-refractivity contribution in [2.75, 3.05) is 0 Å². The Kier molecular flexibility index (Phi) is 5.46. The van der Waals surface area contributed by atoms with Gasteiger partial charge >= 0.3 is 0 Å². The zero-order valence-electron chi connectivity index (χ0n) is 12.6. The first-order chi connectivity index (χ1) is 10.4. The predicted molar refractivity (Wildman–Crippen MR) is 84.1 cm³/mol. The molecule has 1 aromatic heterocycles. The summed E-state index contributed by atoms with van der Waals surface area (Å²) in [5, 5.41) is 8.82. The molecule has 7 heteroatoms. The molecular weight excluding hydrogens is 302 g/mol. The van der Waals surface area contributed by atoms with Crippen molar-refractivity contribution in [1.82, 2.24) is 14.9 Å². The molecule has 1 N–H and O–H groups in total. The minimum absolute atomic E-state index is 0.0213. The van der Waals surface area contributed by atoms with Gasteiger partial charge in [-0.3, -0.25) is 0 Å². The van der Waals surface area contributed by atoms with Gasteiger partial charge in [0.2, 0.25) is 21.8 Å². The van der Waals surface area contributed by atoms with E-state index in [1.807, 2.05) is 44.2 Å². The molecule has 0 aliphatic carbocycles. The van der Waals surface area contributed by atoms with Crippen LogP contribution in [-0.4, -0.2) is 18.6 Å². The monoisotopic (exact) mass is 321 g/mol. The molecule has 0 spiro atoms. The van der Waals surface area contributed by atoms with Crippen molar-refractivity contribution in [3.8, 4) is 0 Å². The third kappa shape index (κ3) is 5.42. The summed E-state index contributed by atoms with van der Waals surface area (Å²) in [6, 6.07) is 9.20. The number of nitrogens with one attached hydrogen (secondary N) is 1. The molecule has 6 nitrogen and oxygen atoms in total. The standard InChI is InChI=1S/C15H19N3O3S/c1-12(2)10-14-17-18-15(21-14)11-16-22(19,20)9-8-13-6-4-3-5-7-13/h3-9,12,16H,10-11H2,1-2H3. The Bertz CT molecular complexity index is 722. The number of nitrogens with zero attached hydrogens (tertiary/aromatic N) is 2. The fraction of sp³-hybridized carbons (Fsp3) is 0.333. The van der Waals surface area contributed by atoms with E-state index in [-0.39, 0.29) is 12.4 Å². The highest BCUT2D eigenvalue weighted by Crippen LogP contribution is 2.07. The van der Waals surface area contributed by atoms with Gasteiger partial charge in [0.05, 0.1) is 6.54 Å². The maximum Gasteiger partial charge on any atom is 0.234 e. The van der Waals surface area contributed by atoms with Crippen LogP contribution in [0.1, 0.15) is 31.2 Å². The highest BCUT2D eigenvalue weighted by molar-refractivity contribution is 7.92. The Balaban J connectivity index is 1.92. The quantitative estimate of drug-likeness (QED) is 0.846. The Morgan fingerprint density at radius 2 is 1.86 bits per heavy atom. The van der Waals surface area contributed by atoms with Crippen LogP contribution in [0.3, 0.4) is 0 Å². The first kappa shape index (κ1) is 16.4. The van der Waals surface area contributed by atoms with Crippen molar-refractivity contribution >= 4 is 16.1 Å². The van der Waals surface area contributed by atoms with Gasteiger partial charge in [0.15, 0.2) is 0 Å². The van der Waals surface area contributed by atoms with Crippen LogP contribution in [0.15, 0.2) is 40.2 Å². The Morgan fingerprint density at radius 3 is 2.55 bits per heavy atom. The minimum atomic E-state index is -3.55. The molecule has 0 radical (unpaired) electrons. The predicted octanol–water partition coefficient (Wildman–Crippen LogP) is 2.36. The zero-order chi connectivity index (χ0) is 16.0. The van der Waals surface area contributed by atoms with E-state index in [9.17, 15) is 8.42 Å². The van der Waals surface area contributed by atoms with Crippen molar-refractivity contribution in [1.29, 1.82) is 0 Å². The molecule has 0 aliphatic heterocycles. The van der Waals surface area contributed by atoms with Crippen LogP contribution in [0.5, 0.6) is 0 Å². The second-order valence-electron chi connectivity index (χ2n) is 5.27. The molecule has 0 aliphatic rings. The molecule has 2 aromatic rings. The fourth-order valence-electron chi connectivity index (χ4n) is 1.73. The van der Waals surface area contributed by atoms with E-state index in [4.69, 9.17) is 4.42 Å². The molecule has 0 bridgehead atoms. The highest BCUT2D eigenvalue weighted by atomic mass is 32.2. The molecule has 0 fully saturated rings. The lowest BCUT2D eigenvalue weighted by molar-refractivity contribution is 0.421. The third-order valence-corrected chi connectivity index (χ3v) is 3.80. The lowest BCUT2D eigenvalue weighted by atomic mass is 10.1. The van der Waals surface area contributed by atoms with Gasteiger partial charge in [-0.15, -0.1) is 10.2 Å². The molecule has 0 unspecified atom stereocenters. The molecule has 1 aromatic carbocycles. The van der Waals surface area contributed by atoms with E-state index >= 15 is 0 Å². The normalized spacial score (nSPS) is 12.3. The van der Waals surface area contributed by atoms with Gasteiger partial charge in [-0.05, 0) is 17.6 Å². The number of rotatable bonds is 7. The Morgan fingerprint density at radius 1 is 1.18 bits per heavy atom. The average Bonchev–Trinajstić information content (AvgIpc) is 2.91. The summed E-state index contributed by atoms with van der Waals surface area (Å²) in [4.78, 5) is 0.